The molecular weight excluding hydrogens is 436 g/mol. The molecule has 2 fully saturated rings. The van der Waals surface area contributed by atoms with E-state index in [1.165, 1.54) is 26.3 Å². The van der Waals surface area contributed by atoms with E-state index in [2.05, 4.69) is 26.0 Å². The van der Waals surface area contributed by atoms with Gasteiger partial charge in [-0.15, -0.1) is 0 Å². The molecule has 0 radical (unpaired) electrons. The van der Waals surface area contributed by atoms with Crippen LogP contribution in [0.3, 0.4) is 0 Å². The summed E-state index contributed by atoms with van der Waals surface area (Å²) in [5, 5.41) is 0. The molecule has 0 amide bonds. The third-order valence-corrected chi connectivity index (χ3v) is 9.30. The van der Waals surface area contributed by atoms with E-state index in [-0.39, 0.29) is 29.7 Å². The lowest BCUT2D eigenvalue weighted by atomic mass is 9.47. The van der Waals surface area contributed by atoms with Crippen molar-refractivity contribution in [3.63, 3.8) is 0 Å². The van der Waals surface area contributed by atoms with Crippen molar-refractivity contribution in [2.75, 3.05) is 6.61 Å². The topological polar surface area (TPSA) is 96.0 Å². The minimum Gasteiger partial charge on any atom is -0.458 e. The first-order chi connectivity index (χ1) is 15.9. The zero-order valence-corrected chi connectivity index (χ0v) is 20.9. The van der Waals surface area contributed by atoms with Crippen LogP contribution in [0.2, 0.25) is 0 Å². The first kappa shape index (κ1) is 24.7. The number of fused-ring (bicyclic) bond motifs is 5. The number of hydrogen-bond donors (Lipinski definition) is 0. The highest BCUT2D eigenvalue weighted by atomic mass is 16.6. The molecule has 0 N–H and O–H groups in total. The Kier molecular flexibility index (Phi) is 6.28. The molecule has 186 valence electrons. The van der Waals surface area contributed by atoms with Gasteiger partial charge in [-0.25, -0.2) is 0 Å². The smallest absolute Gasteiger partial charge is 0.307 e. The number of ketones is 1. The fraction of sp³-hybridized carbons (Fsp3) is 0.704. The molecule has 2 saturated carbocycles. The van der Waals surface area contributed by atoms with Gasteiger partial charge in [-0.1, -0.05) is 19.9 Å². The second-order valence-electron chi connectivity index (χ2n) is 11.0. The lowest BCUT2D eigenvalue weighted by Gasteiger charge is -2.58. The van der Waals surface area contributed by atoms with Gasteiger partial charge in [0.05, 0.1) is 0 Å². The number of allylic oxidation sites excluding steroid dienone is 4. The molecule has 7 heteroatoms. The van der Waals surface area contributed by atoms with Gasteiger partial charge in [0.15, 0.2) is 12.2 Å². The second kappa shape index (κ2) is 8.65. The summed E-state index contributed by atoms with van der Waals surface area (Å²) in [7, 11) is 0. The van der Waals surface area contributed by atoms with E-state index < -0.39 is 23.0 Å². The van der Waals surface area contributed by atoms with Crippen LogP contribution in [0.1, 0.15) is 79.6 Å². The molecule has 0 aromatic rings. The number of carbonyl (C=O) groups is 4. The summed E-state index contributed by atoms with van der Waals surface area (Å²) in [5.74, 6) is 0.170. The summed E-state index contributed by atoms with van der Waals surface area (Å²) in [6.07, 6.45) is 9.81. The average Bonchev–Trinajstić information content (AvgIpc) is 3.04. The Morgan fingerprint density at radius 1 is 0.941 bits per heavy atom. The van der Waals surface area contributed by atoms with Gasteiger partial charge in [-0.3, -0.25) is 19.2 Å². The Bertz CT molecular complexity index is 977. The van der Waals surface area contributed by atoms with Gasteiger partial charge in [-0.05, 0) is 73.3 Å². The molecule has 3 unspecified atom stereocenters. The van der Waals surface area contributed by atoms with Crippen molar-refractivity contribution in [1.82, 2.24) is 0 Å². The van der Waals surface area contributed by atoms with Crippen molar-refractivity contribution in [3.8, 4) is 0 Å². The highest BCUT2D eigenvalue weighted by Crippen LogP contribution is 2.67. The van der Waals surface area contributed by atoms with Crippen molar-refractivity contribution in [2.45, 2.75) is 85.2 Å². The van der Waals surface area contributed by atoms with Gasteiger partial charge in [-0.2, -0.15) is 0 Å². The fourth-order valence-corrected chi connectivity index (χ4v) is 7.77. The molecule has 4 aliphatic rings. The number of Topliss-reactive ketones (excluding diaryl/α,β-unsaturated/α-hetero) is 1. The number of carbonyl (C=O) groups excluding carboxylic acids is 4. The van der Waals surface area contributed by atoms with E-state index in [4.69, 9.17) is 14.2 Å². The normalized spacial score (nSPS) is 38.3. The van der Waals surface area contributed by atoms with Crippen LogP contribution in [0.25, 0.3) is 0 Å². The summed E-state index contributed by atoms with van der Waals surface area (Å²) < 4.78 is 16.3. The standard InChI is InChI=1S/C27H36O7/c1-16(28)32-15-24(31)27(34-18(3)30)13-10-23-21-7-6-19-14-20(33-17(2)29)8-11-25(19,4)22(21)9-12-26(23,27)5/h6,14,21-23H,7-13,15H2,1-5H3/t21?,22?,23?,25-,26-,27-/m0/s1. The quantitative estimate of drug-likeness (QED) is 0.431. The molecule has 0 aromatic carbocycles. The monoisotopic (exact) mass is 472 g/mol. The van der Waals surface area contributed by atoms with Crippen LogP contribution in [0, 0.1) is 28.6 Å². The van der Waals surface area contributed by atoms with Gasteiger partial charge >= 0.3 is 17.9 Å². The van der Waals surface area contributed by atoms with Gasteiger partial charge in [0.25, 0.3) is 0 Å². The van der Waals surface area contributed by atoms with Crippen LogP contribution in [-0.4, -0.2) is 35.9 Å². The Labute approximate surface area is 201 Å². The predicted molar refractivity (Wildman–Crippen MR) is 123 cm³/mol. The Morgan fingerprint density at radius 2 is 1.65 bits per heavy atom. The van der Waals surface area contributed by atoms with Crippen molar-refractivity contribution in [1.29, 1.82) is 0 Å². The maximum Gasteiger partial charge on any atom is 0.307 e. The number of rotatable bonds is 5. The fourth-order valence-electron chi connectivity index (χ4n) is 7.77. The van der Waals surface area contributed by atoms with Crippen LogP contribution < -0.4 is 0 Å². The zero-order chi connectivity index (χ0) is 24.9. The molecule has 0 heterocycles. The molecule has 7 nitrogen and oxygen atoms in total. The van der Waals surface area contributed by atoms with Crippen molar-refractivity contribution < 1.29 is 33.4 Å². The van der Waals surface area contributed by atoms with Gasteiger partial charge in [0.2, 0.25) is 5.78 Å². The number of esters is 3. The van der Waals surface area contributed by atoms with Crippen LogP contribution in [-0.2, 0) is 33.4 Å². The third-order valence-electron chi connectivity index (χ3n) is 9.30. The second-order valence-corrected chi connectivity index (χ2v) is 11.0. The highest BCUT2D eigenvalue weighted by molar-refractivity contribution is 5.93. The molecule has 0 spiro atoms. The molecule has 6 atom stereocenters. The molecule has 34 heavy (non-hydrogen) atoms. The zero-order valence-electron chi connectivity index (χ0n) is 20.9. The minimum atomic E-state index is -1.26. The molecule has 4 aliphatic carbocycles. The van der Waals surface area contributed by atoms with E-state index in [0.717, 1.165) is 44.3 Å². The molecule has 0 bridgehead atoms. The van der Waals surface area contributed by atoms with Crippen LogP contribution >= 0.6 is 0 Å². The summed E-state index contributed by atoms with van der Waals surface area (Å²) in [5.41, 5.74) is -0.534. The lowest BCUT2D eigenvalue weighted by Crippen LogP contribution is -2.59. The maximum atomic E-state index is 13.4. The van der Waals surface area contributed by atoms with Crippen LogP contribution in [0.4, 0.5) is 0 Å². The molecule has 0 saturated heterocycles. The number of hydrogen-bond acceptors (Lipinski definition) is 7. The third kappa shape index (κ3) is 3.81. The van der Waals surface area contributed by atoms with Crippen molar-refractivity contribution in [2.24, 2.45) is 28.6 Å². The van der Waals surface area contributed by atoms with Gasteiger partial charge in [0, 0.05) is 32.6 Å². The van der Waals surface area contributed by atoms with Crippen LogP contribution in [0.15, 0.2) is 23.5 Å². The summed E-state index contributed by atoms with van der Waals surface area (Å²) in [4.78, 5) is 48.4. The van der Waals surface area contributed by atoms with Crippen molar-refractivity contribution in [3.05, 3.63) is 23.5 Å². The van der Waals surface area contributed by atoms with Gasteiger partial charge < -0.3 is 14.2 Å². The lowest BCUT2D eigenvalue weighted by molar-refractivity contribution is -0.190. The molecule has 0 aliphatic heterocycles. The first-order valence-electron chi connectivity index (χ1n) is 12.4. The Balaban J connectivity index is 1.65. The first-order valence-corrected chi connectivity index (χ1v) is 12.4. The van der Waals surface area contributed by atoms with E-state index in [1.807, 2.05) is 0 Å². The molecular formula is C27H36O7. The highest BCUT2D eigenvalue weighted by Gasteiger charge is 2.68. The van der Waals surface area contributed by atoms with Crippen LogP contribution in [0.5, 0.6) is 0 Å². The number of ether oxygens (including phenoxy) is 3. The van der Waals surface area contributed by atoms with E-state index in [1.54, 1.807) is 0 Å². The van der Waals surface area contributed by atoms with E-state index >= 15 is 0 Å². The molecule has 0 aromatic heterocycles. The summed E-state index contributed by atoms with van der Waals surface area (Å²) in [6, 6.07) is 0. The van der Waals surface area contributed by atoms with E-state index in [9.17, 15) is 19.2 Å². The van der Waals surface area contributed by atoms with Gasteiger partial charge in [0.1, 0.15) is 5.76 Å². The molecule has 4 rings (SSSR count). The summed E-state index contributed by atoms with van der Waals surface area (Å²) >= 11 is 0. The summed E-state index contributed by atoms with van der Waals surface area (Å²) in [6.45, 7) is 8.09. The predicted octanol–water partition coefficient (Wildman–Crippen LogP) is 4.44. The largest absolute Gasteiger partial charge is 0.458 e. The van der Waals surface area contributed by atoms with Crippen molar-refractivity contribution >= 4 is 23.7 Å². The van der Waals surface area contributed by atoms with E-state index in [0.29, 0.717) is 18.3 Å². The SMILES string of the molecule is CC(=O)OCC(=O)[C@@]1(OC(C)=O)CCC2C3CC=C4C=C(OC(C)=O)CC[C@]4(C)C3CC[C@@]21C. The average molecular weight is 473 g/mol. The minimum absolute atomic E-state index is 0.0116. The maximum absolute atomic E-state index is 13.4. The Morgan fingerprint density at radius 3 is 2.29 bits per heavy atom. The Hall–Kier alpha value is -2.44.